The molecule has 0 spiro atoms. The average molecular weight is 312 g/mol. The van der Waals surface area contributed by atoms with Gasteiger partial charge in [-0.3, -0.25) is 9.78 Å². The summed E-state index contributed by atoms with van der Waals surface area (Å²) < 4.78 is 20.0. The Balaban J connectivity index is 2.45. The Morgan fingerprint density at radius 1 is 1.30 bits per heavy atom. The molecule has 0 aliphatic heterocycles. The Morgan fingerprint density at radius 3 is 2.70 bits per heavy atom. The van der Waals surface area contributed by atoms with Crippen LogP contribution in [0.15, 0.2) is 39.8 Å². The molecule has 0 aliphatic carbocycles. The van der Waals surface area contributed by atoms with Gasteiger partial charge in [0.15, 0.2) is 5.43 Å². The van der Waals surface area contributed by atoms with Crippen molar-refractivity contribution in [3.8, 4) is 11.3 Å². The monoisotopic (exact) mass is 312 g/mol. The molecule has 2 N–H and O–H groups in total. The highest BCUT2D eigenvalue weighted by Crippen LogP contribution is 2.30. The van der Waals surface area contributed by atoms with Gasteiger partial charge in [0.1, 0.15) is 17.2 Å². The van der Waals surface area contributed by atoms with Crippen molar-refractivity contribution in [1.29, 1.82) is 0 Å². The number of aryl methyl sites for hydroxylation is 1. The van der Waals surface area contributed by atoms with Gasteiger partial charge in [-0.15, -0.1) is 0 Å². The molecule has 0 radical (unpaired) electrons. The zero-order chi connectivity index (χ0) is 16.7. The number of aromatic nitrogens is 1. The SMILES string of the molecule is Cc1cc(C(C)N)c2oc(-c3cnccc3F)c(C)c(=O)c2c1. The topological polar surface area (TPSA) is 69.1 Å². The lowest BCUT2D eigenvalue weighted by Gasteiger charge is -2.13. The molecule has 1 aromatic carbocycles. The number of nitrogens with zero attached hydrogens (tertiary/aromatic N) is 1. The number of pyridine rings is 1. The zero-order valence-electron chi connectivity index (χ0n) is 13.2. The normalized spacial score (nSPS) is 12.6. The highest BCUT2D eigenvalue weighted by atomic mass is 19.1. The van der Waals surface area contributed by atoms with Crippen LogP contribution in [0.25, 0.3) is 22.3 Å². The number of halogens is 1. The summed E-state index contributed by atoms with van der Waals surface area (Å²) in [5.74, 6) is -0.293. The minimum absolute atomic E-state index is 0.167. The first-order valence-corrected chi connectivity index (χ1v) is 7.33. The highest BCUT2D eigenvalue weighted by Gasteiger charge is 2.19. The molecule has 4 nitrogen and oxygen atoms in total. The number of benzene rings is 1. The summed E-state index contributed by atoms with van der Waals surface area (Å²) in [6, 6.07) is 4.58. The molecule has 0 fully saturated rings. The molecular weight excluding hydrogens is 295 g/mol. The number of rotatable bonds is 2. The minimum atomic E-state index is -0.486. The lowest BCUT2D eigenvalue weighted by molar-refractivity contribution is 0.583. The van der Waals surface area contributed by atoms with Crippen LogP contribution in [0.5, 0.6) is 0 Å². The van der Waals surface area contributed by atoms with Crippen LogP contribution in [0.1, 0.15) is 29.7 Å². The van der Waals surface area contributed by atoms with Crippen molar-refractivity contribution in [3.05, 3.63) is 63.3 Å². The maximum atomic E-state index is 14.1. The van der Waals surface area contributed by atoms with Crippen molar-refractivity contribution in [2.45, 2.75) is 26.8 Å². The first-order chi connectivity index (χ1) is 10.9. The van der Waals surface area contributed by atoms with Gasteiger partial charge in [-0.2, -0.15) is 0 Å². The number of hydrogen-bond acceptors (Lipinski definition) is 4. The van der Waals surface area contributed by atoms with Crippen molar-refractivity contribution in [1.82, 2.24) is 4.98 Å². The predicted octanol–water partition coefficient (Wildman–Crippen LogP) is 3.63. The molecule has 0 bridgehead atoms. The third-order valence-electron chi connectivity index (χ3n) is 3.89. The number of hydrogen-bond donors (Lipinski definition) is 1. The molecule has 0 saturated heterocycles. The van der Waals surface area contributed by atoms with Gasteiger partial charge in [0, 0.05) is 29.6 Å². The third-order valence-corrected chi connectivity index (χ3v) is 3.89. The summed E-state index contributed by atoms with van der Waals surface area (Å²) in [6.07, 6.45) is 2.70. The quantitative estimate of drug-likeness (QED) is 0.784. The number of fused-ring (bicyclic) bond motifs is 1. The van der Waals surface area contributed by atoms with Gasteiger partial charge in [0.2, 0.25) is 0 Å². The molecule has 118 valence electrons. The maximum Gasteiger partial charge on any atom is 0.196 e. The van der Waals surface area contributed by atoms with Gasteiger partial charge in [-0.1, -0.05) is 6.07 Å². The average Bonchev–Trinajstić information content (AvgIpc) is 2.51. The summed E-state index contributed by atoms with van der Waals surface area (Å²) in [5, 5.41) is 0.461. The van der Waals surface area contributed by atoms with E-state index in [2.05, 4.69) is 4.98 Å². The summed E-state index contributed by atoms with van der Waals surface area (Å²) in [7, 11) is 0. The molecule has 2 aromatic heterocycles. The van der Waals surface area contributed by atoms with Crippen LogP contribution in [0.4, 0.5) is 4.39 Å². The van der Waals surface area contributed by atoms with Gasteiger partial charge in [-0.25, -0.2) is 4.39 Å². The summed E-state index contributed by atoms with van der Waals surface area (Å²) in [6.45, 7) is 5.34. The van der Waals surface area contributed by atoms with Crippen LogP contribution < -0.4 is 11.2 Å². The maximum absolute atomic E-state index is 14.1. The van der Waals surface area contributed by atoms with E-state index in [-0.39, 0.29) is 22.8 Å². The van der Waals surface area contributed by atoms with Crippen LogP contribution in [0, 0.1) is 19.7 Å². The summed E-state index contributed by atoms with van der Waals surface area (Å²) in [4.78, 5) is 16.6. The van der Waals surface area contributed by atoms with Crippen LogP contribution in [0.2, 0.25) is 0 Å². The number of nitrogens with two attached hydrogens (primary N) is 1. The second-order valence-corrected chi connectivity index (χ2v) is 5.76. The Labute approximate surface area is 132 Å². The molecule has 0 amide bonds. The molecule has 5 heteroatoms. The zero-order valence-corrected chi connectivity index (χ0v) is 13.2. The Morgan fingerprint density at radius 2 is 2.04 bits per heavy atom. The fourth-order valence-electron chi connectivity index (χ4n) is 2.71. The van der Waals surface area contributed by atoms with E-state index in [0.717, 1.165) is 11.1 Å². The predicted molar refractivity (Wildman–Crippen MR) is 87.7 cm³/mol. The Bertz CT molecular complexity index is 961. The van der Waals surface area contributed by atoms with Crippen molar-refractivity contribution in [2.75, 3.05) is 0 Å². The van der Waals surface area contributed by atoms with E-state index in [1.807, 2.05) is 19.9 Å². The fraction of sp³-hybridized carbons (Fsp3) is 0.222. The first-order valence-electron chi connectivity index (χ1n) is 7.33. The van der Waals surface area contributed by atoms with Crippen molar-refractivity contribution >= 4 is 11.0 Å². The Hall–Kier alpha value is -2.53. The van der Waals surface area contributed by atoms with E-state index < -0.39 is 5.82 Å². The van der Waals surface area contributed by atoms with Crippen molar-refractivity contribution < 1.29 is 8.81 Å². The van der Waals surface area contributed by atoms with Crippen LogP contribution in [0.3, 0.4) is 0 Å². The van der Waals surface area contributed by atoms with E-state index in [1.54, 1.807) is 13.0 Å². The van der Waals surface area contributed by atoms with E-state index in [4.69, 9.17) is 10.2 Å². The molecule has 3 rings (SSSR count). The van der Waals surface area contributed by atoms with E-state index in [0.29, 0.717) is 16.5 Å². The molecule has 1 unspecified atom stereocenters. The van der Waals surface area contributed by atoms with E-state index >= 15 is 0 Å². The van der Waals surface area contributed by atoms with Gasteiger partial charge < -0.3 is 10.2 Å². The third kappa shape index (κ3) is 2.53. The minimum Gasteiger partial charge on any atom is -0.455 e. The standard InChI is InChI=1S/C18H17FN2O2/c1-9-6-12(11(3)20)18-13(7-9)16(22)10(2)17(23-18)14-8-21-5-4-15(14)19/h4-8,11H,20H2,1-3H3. The second kappa shape index (κ2) is 5.59. The summed E-state index contributed by atoms with van der Waals surface area (Å²) in [5.41, 5.74) is 8.40. The Kier molecular flexibility index (Phi) is 3.74. The lowest BCUT2D eigenvalue weighted by atomic mass is 9.99. The molecule has 0 aliphatic rings. The molecular formula is C18H17FN2O2. The van der Waals surface area contributed by atoms with Crippen LogP contribution >= 0.6 is 0 Å². The molecule has 23 heavy (non-hydrogen) atoms. The largest absolute Gasteiger partial charge is 0.455 e. The highest BCUT2D eigenvalue weighted by molar-refractivity contribution is 5.84. The van der Waals surface area contributed by atoms with Gasteiger partial charge in [0.25, 0.3) is 0 Å². The van der Waals surface area contributed by atoms with Crippen molar-refractivity contribution in [2.24, 2.45) is 5.73 Å². The second-order valence-electron chi connectivity index (χ2n) is 5.76. The molecule has 2 heterocycles. The molecule has 1 atom stereocenters. The smallest absolute Gasteiger partial charge is 0.196 e. The molecule has 0 saturated carbocycles. The van der Waals surface area contributed by atoms with E-state index in [9.17, 15) is 9.18 Å². The van der Waals surface area contributed by atoms with Gasteiger partial charge in [0.05, 0.1) is 10.9 Å². The summed E-state index contributed by atoms with van der Waals surface area (Å²) >= 11 is 0. The lowest BCUT2D eigenvalue weighted by Crippen LogP contribution is -2.12. The first kappa shape index (κ1) is 15.4. The van der Waals surface area contributed by atoms with Crippen molar-refractivity contribution in [3.63, 3.8) is 0 Å². The fourth-order valence-corrected chi connectivity index (χ4v) is 2.71. The van der Waals surface area contributed by atoms with E-state index in [1.165, 1.54) is 18.5 Å². The molecule has 3 aromatic rings. The van der Waals surface area contributed by atoms with Gasteiger partial charge in [-0.05, 0) is 38.5 Å². The van der Waals surface area contributed by atoms with Crippen LogP contribution in [-0.2, 0) is 0 Å². The van der Waals surface area contributed by atoms with Crippen LogP contribution in [-0.4, -0.2) is 4.98 Å². The van der Waals surface area contributed by atoms with Gasteiger partial charge >= 0.3 is 0 Å².